The molecule has 2 rings (SSSR count). The average Bonchev–Trinajstić information content (AvgIpc) is 2.67. The Balaban J connectivity index is 2.77. The Morgan fingerprint density at radius 2 is 2.12 bits per heavy atom. The van der Waals surface area contributed by atoms with Crippen LogP contribution in [0, 0.1) is 6.92 Å². The Kier molecular flexibility index (Phi) is 2.75. The smallest absolute Gasteiger partial charge is 0.225 e. The molecule has 0 aliphatic rings. The van der Waals surface area contributed by atoms with Crippen LogP contribution in [0.25, 0.3) is 10.4 Å². The molecule has 0 spiro atoms. The Morgan fingerprint density at radius 3 is 2.69 bits per heavy atom. The average molecular weight is 255 g/mol. The van der Waals surface area contributed by atoms with Crippen molar-refractivity contribution in [1.29, 1.82) is 0 Å². The van der Waals surface area contributed by atoms with Crippen molar-refractivity contribution < 1.29 is 8.42 Å². The van der Waals surface area contributed by atoms with Crippen molar-refractivity contribution in [2.24, 2.45) is 5.14 Å². The third kappa shape index (κ3) is 1.97. The summed E-state index contributed by atoms with van der Waals surface area (Å²) >= 11 is 1.13. The van der Waals surface area contributed by atoms with Crippen molar-refractivity contribution >= 4 is 21.6 Å². The molecular formula is C9H9N3O2S2. The van der Waals surface area contributed by atoms with Gasteiger partial charge in [-0.1, -0.05) is 22.7 Å². The van der Waals surface area contributed by atoms with E-state index in [1.54, 1.807) is 25.1 Å². The van der Waals surface area contributed by atoms with Gasteiger partial charge in [0.1, 0.15) is 0 Å². The highest BCUT2D eigenvalue weighted by molar-refractivity contribution is 7.89. The minimum atomic E-state index is -3.74. The van der Waals surface area contributed by atoms with Crippen LogP contribution in [0.5, 0.6) is 0 Å². The van der Waals surface area contributed by atoms with E-state index in [2.05, 4.69) is 9.59 Å². The monoisotopic (exact) mass is 255 g/mol. The molecule has 2 aromatic rings. The minimum absolute atomic E-state index is 0.140. The number of nitrogens with two attached hydrogens (primary N) is 1. The number of hydrogen-bond acceptors (Lipinski definition) is 5. The molecule has 5 nitrogen and oxygen atoms in total. The van der Waals surface area contributed by atoms with Gasteiger partial charge >= 0.3 is 0 Å². The van der Waals surface area contributed by atoms with E-state index in [1.807, 2.05) is 0 Å². The van der Waals surface area contributed by atoms with E-state index in [0.717, 1.165) is 11.5 Å². The first kappa shape index (κ1) is 11.2. The molecule has 1 heterocycles. The maximum Gasteiger partial charge on any atom is 0.238 e. The van der Waals surface area contributed by atoms with Crippen molar-refractivity contribution in [3.63, 3.8) is 0 Å². The zero-order chi connectivity index (χ0) is 11.8. The molecule has 0 aliphatic carbocycles. The number of aromatic nitrogens is 2. The van der Waals surface area contributed by atoms with Crippen LogP contribution in [-0.2, 0) is 10.0 Å². The van der Waals surface area contributed by atoms with Gasteiger partial charge in [-0.05, 0) is 24.0 Å². The zero-order valence-electron chi connectivity index (χ0n) is 8.41. The number of hydrogen-bond donors (Lipinski definition) is 1. The van der Waals surface area contributed by atoms with Crippen LogP contribution in [0.2, 0.25) is 0 Å². The van der Waals surface area contributed by atoms with Gasteiger partial charge in [0.15, 0.2) is 0 Å². The maximum atomic E-state index is 11.5. The fourth-order valence-corrected chi connectivity index (χ4v) is 3.12. The molecule has 0 saturated carbocycles. The molecule has 0 saturated heterocycles. The van der Waals surface area contributed by atoms with Crippen molar-refractivity contribution in [2.75, 3.05) is 0 Å². The Hall–Kier alpha value is -1.31. The molecule has 0 bridgehead atoms. The summed E-state index contributed by atoms with van der Waals surface area (Å²) in [4.78, 5) is 0.828. The predicted molar refractivity (Wildman–Crippen MR) is 61.5 cm³/mol. The molecule has 1 aromatic heterocycles. The second-order valence-electron chi connectivity index (χ2n) is 3.28. The lowest BCUT2D eigenvalue weighted by atomic mass is 10.1. The third-order valence-electron chi connectivity index (χ3n) is 2.12. The van der Waals surface area contributed by atoms with Gasteiger partial charge in [0.05, 0.1) is 16.0 Å². The molecule has 0 atom stereocenters. The van der Waals surface area contributed by atoms with Gasteiger partial charge in [-0.15, -0.1) is 5.10 Å². The standard InChI is InChI=1S/C9H9N3O2S2/c1-6-3-2-4-7(8-5-11-12-15-8)9(6)16(10,13)14/h2-5H,1H3,(H2,10,13,14). The fraction of sp³-hybridized carbons (Fsp3) is 0.111. The lowest BCUT2D eigenvalue weighted by Gasteiger charge is -2.07. The summed E-state index contributed by atoms with van der Waals surface area (Å²) in [5, 5.41) is 8.88. The second-order valence-corrected chi connectivity index (χ2v) is 5.56. The molecule has 0 aliphatic heterocycles. The first-order chi connectivity index (χ1) is 7.50. The van der Waals surface area contributed by atoms with Crippen LogP contribution in [0.1, 0.15) is 5.56 Å². The highest BCUT2D eigenvalue weighted by atomic mass is 32.2. The van der Waals surface area contributed by atoms with Gasteiger partial charge in [-0.3, -0.25) is 0 Å². The number of rotatable bonds is 2. The van der Waals surface area contributed by atoms with E-state index in [9.17, 15) is 8.42 Å². The number of nitrogens with zero attached hydrogens (tertiary/aromatic N) is 2. The van der Waals surface area contributed by atoms with Crippen LogP contribution >= 0.6 is 11.5 Å². The number of benzene rings is 1. The molecule has 0 unspecified atom stereocenters. The van der Waals surface area contributed by atoms with Crippen LogP contribution in [-0.4, -0.2) is 18.0 Å². The molecule has 16 heavy (non-hydrogen) atoms. The predicted octanol–water partition coefficient (Wildman–Crippen LogP) is 1.16. The van der Waals surface area contributed by atoms with Crippen molar-refractivity contribution in [1.82, 2.24) is 9.59 Å². The molecule has 2 N–H and O–H groups in total. The highest BCUT2D eigenvalue weighted by Crippen LogP contribution is 2.30. The van der Waals surface area contributed by atoms with Crippen molar-refractivity contribution in [3.05, 3.63) is 30.0 Å². The Morgan fingerprint density at radius 1 is 1.38 bits per heavy atom. The quantitative estimate of drug-likeness (QED) is 0.872. The van der Waals surface area contributed by atoms with Gasteiger partial charge in [0.2, 0.25) is 10.0 Å². The van der Waals surface area contributed by atoms with E-state index in [4.69, 9.17) is 5.14 Å². The summed E-state index contributed by atoms with van der Waals surface area (Å²) in [5.74, 6) is 0. The lowest BCUT2D eigenvalue weighted by Crippen LogP contribution is -2.14. The summed E-state index contributed by atoms with van der Waals surface area (Å²) in [7, 11) is -3.74. The Bertz CT molecular complexity index is 606. The molecule has 0 amide bonds. The number of aryl methyl sites for hydroxylation is 1. The van der Waals surface area contributed by atoms with E-state index in [1.165, 1.54) is 6.20 Å². The van der Waals surface area contributed by atoms with E-state index in [-0.39, 0.29) is 4.90 Å². The van der Waals surface area contributed by atoms with E-state index < -0.39 is 10.0 Å². The molecule has 0 fully saturated rings. The maximum absolute atomic E-state index is 11.5. The Labute approximate surface area is 97.1 Å². The first-order valence-electron chi connectivity index (χ1n) is 4.40. The second kappa shape index (κ2) is 3.93. The summed E-state index contributed by atoms with van der Waals surface area (Å²) in [6.07, 6.45) is 1.52. The lowest BCUT2D eigenvalue weighted by molar-refractivity contribution is 0.597. The van der Waals surface area contributed by atoms with Gasteiger partial charge in [-0.2, -0.15) is 0 Å². The highest BCUT2D eigenvalue weighted by Gasteiger charge is 2.18. The number of primary sulfonamides is 1. The normalized spacial score (nSPS) is 11.6. The van der Waals surface area contributed by atoms with Crippen LogP contribution < -0.4 is 5.14 Å². The van der Waals surface area contributed by atoms with E-state index >= 15 is 0 Å². The van der Waals surface area contributed by atoms with Gasteiger partial charge in [0, 0.05) is 5.56 Å². The molecular weight excluding hydrogens is 246 g/mol. The first-order valence-corrected chi connectivity index (χ1v) is 6.72. The van der Waals surface area contributed by atoms with Crippen LogP contribution in [0.15, 0.2) is 29.3 Å². The van der Waals surface area contributed by atoms with Crippen molar-refractivity contribution in [2.45, 2.75) is 11.8 Å². The zero-order valence-corrected chi connectivity index (χ0v) is 10.0. The minimum Gasteiger partial charge on any atom is -0.225 e. The number of sulfonamides is 1. The van der Waals surface area contributed by atoms with Gasteiger partial charge < -0.3 is 0 Å². The summed E-state index contributed by atoms with van der Waals surface area (Å²) in [6, 6.07) is 5.18. The van der Waals surface area contributed by atoms with E-state index in [0.29, 0.717) is 16.0 Å². The van der Waals surface area contributed by atoms with Crippen LogP contribution in [0.4, 0.5) is 0 Å². The van der Waals surface area contributed by atoms with Gasteiger partial charge in [0.25, 0.3) is 0 Å². The third-order valence-corrected chi connectivity index (χ3v) is 3.93. The summed E-state index contributed by atoms with van der Waals surface area (Å²) in [6.45, 7) is 1.71. The largest absolute Gasteiger partial charge is 0.238 e. The molecule has 1 aromatic carbocycles. The van der Waals surface area contributed by atoms with Gasteiger partial charge in [-0.25, -0.2) is 13.6 Å². The van der Waals surface area contributed by atoms with Crippen LogP contribution in [0.3, 0.4) is 0 Å². The summed E-state index contributed by atoms with van der Waals surface area (Å²) in [5.41, 5.74) is 1.17. The fourth-order valence-electron chi connectivity index (χ4n) is 1.51. The molecule has 7 heteroatoms. The molecule has 84 valence electrons. The topological polar surface area (TPSA) is 85.9 Å². The molecule has 0 radical (unpaired) electrons. The summed E-state index contributed by atoms with van der Waals surface area (Å²) < 4.78 is 26.7. The van der Waals surface area contributed by atoms with Crippen molar-refractivity contribution in [3.8, 4) is 10.4 Å². The SMILES string of the molecule is Cc1cccc(-c2cnns2)c1S(N)(=O)=O.